The molecule has 26 heavy (non-hydrogen) atoms. The van der Waals surface area contributed by atoms with Crippen molar-refractivity contribution in [3.05, 3.63) is 41.7 Å². The quantitative estimate of drug-likeness (QED) is 0.712. The average molecular weight is 369 g/mol. The monoisotopic (exact) mass is 369 g/mol. The summed E-state index contributed by atoms with van der Waals surface area (Å²) in [6, 6.07) is 6.43. The van der Waals surface area contributed by atoms with E-state index in [1.54, 1.807) is 28.4 Å². The Kier molecular flexibility index (Phi) is 4.40. The van der Waals surface area contributed by atoms with E-state index in [-0.39, 0.29) is 5.91 Å². The number of anilines is 1. The van der Waals surface area contributed by atoms with Crippen LogP contribution in [0, 0.1) is 0 Å². The van der Waals surface area contributed by atoms with Crippen molar-refractivity contribution in [2.24, 2.45) is 7.05 Å². The Labute approximate surface area is 157 Å². The topological polar surface area (TPSA) is 54.3 Å². The predicted octanol–water partition coefficient (Wildman–Crippen LogP) is 3.12. The molecule has 1 aromatic carbocycles. The van der Waals surface area contributed by atoms with Crippen molar-refractivity contribution < 1.29 is 4.79 Å². The van der Waals surface area contributed by atoms with Crippen molar-refractivity contribution in [2.75, 3.05) is 31.1 Å². The Balaban J connectivity index is 1.49. The fourth-order valence-corrected chi connectivity index (χ4v) is 4.43. The van der Waals surface area contributed by atoms with Gasteiger partial charge in [-0.05, 0) is 17.5 Å². The molecule has 136 valence electrons. The van der Waals surface area contributed by atoms with Gasteiger partial charge in [-0.25, -0.2) is 4.98 Å². The van der Waals surface area contributed by atoms with Crippen LogP contribution in [0.1, 0.15) is 35.7 Å². The summed E-state index contributed by atoms with van der Waals surface area (Å²) in [5.74, 6) is 0.520. The van der Waals surface area contributed by atoms with Crippen LogP contribution >= 0.6 is 11.3 Å². The third kappa shape index (κ3) is 3.07. The van der Waals surface area contributed by atoms with Crippen molar-refractivity contribution in [2.45, 2.75) is 19.8 Å². The van der Waals surface area contributed by atoms with Crippen LogP contribution in [0.2, 0.25) is 0 Å². The van der Waals surface area contributed by atoms with Crippen LogP contribution in [0.5, 0.6) is 0 Å². The van der Waals surface area contributed by atoms with Gasteiger partial charge in [0.15, 0.2) is 5.13 Å². The maximum Gasteiger partial charge on any atom is 0.257 e. The average Bonchev–Trinajstić information content (AvgIpc) is 3.27. The largest absolute Gasteiger partial charge is 0.345 e. The van der Waals surface area contributed by atoms with Crippen molar-refractivity contribution in [3.63, 3.8) is 0 Å². The van der Waals surface area contributed by atoms with E-state index in [1.165, 1.54) is 10.3 Å². The van der Waals surface area contributed by atoms with E-state index in [9.17, 15) is 4.79 Å². The zero-order valence-electron chi connectivity index (χ0n) is 15.3. The molecule has 1 aliphatic rings. The number of hydrogen-bond donors (Lipinski definition) is 0. The number of hydrogen-bond acceptors (Lipinski definition) is 5. The molecule has 4 rings (SSSR count). The molecule has 3 aromatic rings. The first-order valence-electron chi connectivity index (χ1n) is 8.95. The van der Waals surface area contributed by atoms with Crippen molar-refractivity contribution in [1.29, 1.82) is 0 Å². The lowest BCUT2D eigenvalue weighted by Crippen LogP contribution is -2.48. The number of nitrogens with zero attached hydrogens (tertiary/aromatic N) is 5. The summed E-state index contributed by atoms with van der Waals surface area (Å²) in [6.07, 6.45) is 3.41. The van der Waals surface area contributed by atoms with Gasteiger partial charge in [0.1, 0.15) is 0 Å². The van der Waals surface area contributed by atoms with E-state index in [1.807, 2.05) is 11.9 Å². The highest BCUT2D eigenvalue weighted by Crippen LogP contribution is 2.33. The maximum absolute atomic E-state index is 12.6. The van der Waals surface area contributed by atoms with Gasteiger partial charge in [0, 0.05) is 39.4 Å². The number of piperazine rings is 1. The van der Waals surface area contributed by atoms with Gasteiger partial charge in [-0.2, -0.15) is 5.10 Å². The van der Waals surface area contributed by atoms with Gasteiger partial charge in [0.25, 0.3) is 5.91 Å². The molecule has 0 bridgehead atoms. The second kappa shape index (κ2) is 6.72. The van der Waals surface area contributed by atoms with Crippen LogP contribution < -0.4 is 4.90 Å². The molecule has 0 saturated carbocycles. The molecule has 0 unspecified atom stereocenters. The summed E-state index contributed by atoms with van der Waals surface area (Å²) >= 11 is 1.74. The Hall–Kier alpha value is -2.41. The van der Waals surface area contributed by atoms with Crippen molar-refractivity contribution in [3.8, 4) is 0 Å². The lowest BCUT2D eigenvalue weighted by molar-refractivity contribution is 0.0746. The second-order valence-electron chi connectivity index (χ2n) is 7.03. The molecule has 0 atom stereocenters. The van der Waals surface area contributed by atoms with Crippen LogP contribution in [0.25, 0.3) is 10.2 Å². The van der Waals surface area contributed by atoms with E-state index in [4.69, 9.17) is 4.98 Å². The molecular formula is C19H23N5OS. The molecule has 1 fully saturated rings. The highest BCUT2D eigenvalue weighted by Gasteiger charge is 2.25. The minimum Gasteiger partial charge on any atom is -0.345 e. The first-order chi connectivity index (χ1) is 12.5. The van der Waals surface area contributed by atoms with Crippen LogP contribution in [-0.2, 0) is 7.05 Å². The summed E-state index contributed by atoms with van der Waals surface area (Å²) in [7, 11) is 1.83. The lowest BCUT2D eigenvalue weighted by atomic mass is 10.0. The van der Waals surface area contributed by atoms with Gasteiger partial charge in [0.2, 0.25) is 0 Å². The molecule has 0 N–H and O–H groups in total. The minimum absolute atomic E-state index is 0.0594. The highest BCUT2D eigenvalue weighted by molar-refractivity contribution is 7.22. The normalized spacial score (nSPS) is 15.2. The van der Waals surface area contributed by atoms with E-state index in [0.29, 0.717) is 24.6 Å². The van der Waals surface area contributed by atoms with Crippen molar-refractivity contribution >= 4 is 32.6 Å². The molecule has 2 aromatic heterocycles. The zero-order valence-corrected chi connectivity index (χ0v) is 16.2. The summed E-state index contributed by atoms with van der Waals surface area (Å²) in [4.78, 5) is 21.7. The number of aryl methyl sites for hydroxylation is 1. The molecule has 3 heterocycles. The molecule has 0 aliphatic carbocycles. The lowest BCUT2D eigenvalue weighted by Gasteiger charge is -2.34. The van der Waals surface area contributed by atoms with Crippen LogP contribution in [-0.4, -0.2) is 51.8 Å². The number of aromatic nitrogens is 3. The SMILES string of the molecule is CC(C)c1cccc2sc(N3CCN(C(=O)c4cnn(C)c4)CC3)nc12. The van der Waals surface area contributed by atoms with Gasteiger partial charge in [-0.3, -0.25) is 9.48 Å². The molecular weight excluding hydrogens is 346 g/mol. The number of carbonyl (C=O) groups excluding carboxylic acids is 1. The van der Waals surface area contributed by atoms with Gasteiger partial charge < -0.3 is 9.80 Å². The number of carbonyl (C=O) groups is 1. The Morgan fingerprint density at radius 1 is 1.19 bits per heavy atom. The molecule has 1 aliphatic heterocycles. The zero-order chi connectivity index (χ0) is 18.3. The number of fused-ring (bicyclic) bond motifs is 1. The number of amides is 1. The molecule has 1 amide bonds. The second-order valence-corrected chi connectivity index (χ2v) is 8.04. The molecule has 6 nitrogen and oxygen atoms in total. The number of para-hydroxylation sites is 1. The summed E-state index contributed by atoms with van der Waals surface area (Å²) in [5.41, 5.74) is 3.08. The first-order valence-corrected chi connectivity index (χ1v) is 9.77. The number of thiazole rings is 1. The molecule has 0 spiro atoms. The fraction of sp³-hybridized carbons (Fsp3) is 0.421. The summed E-state index contributed by atoms with van der Waals surface area (Å²) < 4.78 is 2.90. The van der Waals surface area contributed by atoms with E-state index < -0.39 is 0 Å². The predicted molar refractivity (Wildman–Crippen MR) is 105 cm³/mol. The standard InChI is InChI=1S/C19H23N5OS/c1-13(2)15-5-4-6-16-17(15)21-19(26-16)24-9-7-23(8-10-24)18(25)14-11-20-22(3)12-14/h4-6,11-13H,7-10H2,1-3H3. The molecule has 0 radical (unpaired) electrons. The molecule has 1 saturated heterocycles. The van der Waals surface area contributed by atoms with Gasteiger partial charge in [-0.1, -0.05) is 37.3 Å². The van der Waals surface area contributed by atoms with Crippen LogP contribution in [0.4, 0.5) is 5.13 Å². The number of benzene rings is 1. The van der Waals surface area contributed by atoms with E-state index in [0.717, 1.165) is 23.7 Å². The van der Waals surface area contributed by atoms with Crippen LogP contribution in [0.3, 0.4) is 0 Å². The van der Waals surface area contributed by atoms with Gasteiger partial charge in [0.05, 0.1) is 22.0 Å². The van der Waals surface area contributed by atoms with E-state index >= 15 is 0 Å². The number of rotatable bonds is 3. The smallest absolute Gasteiger partial charge is 0.257 e. The van der Waals surface area contributed by atoms with Gasteiger partial charge >= 0.3 is 0 Å². The Morgan fingerprint density at radius 2 is 1.96 bits per heavy atom. The minimum atomic E-state index is 0.0594. The molecule has 7 heteroatoms. The van der Waals surface area contributed by atoms with E-state index in [2.05, 4.69) is 42.0 Å². The summed E-state index contributed by atoms with van der Waals surface area (Å²) in [5, 5.41) is 5.15. The Morgan fingerprint density at radius 3 is 2.62 bits per heavy atom. The Bertz CT molecular complexity index is 936. The fourth-order valence-electron chi connectivity index (χ4n) is 3.37. The highest BCUT2D eigenvalue weighted by atomic mass is 32.1. The third-order valence-corrected chi connectivity index (χ3v) is 5.93. The summed E-state index contributed by atoms with van der Waals surface area (Å²) in [6.45, 7) is 7.44. The van der Waals surface area contributed by atoms with Crippen molar-refractivity contribution in [1.82, 2.24) is 19.7 Å². The maximum atomic E-state index is 12.6. The third-order valence-electron chi connectivity index (χ3n) is 4.85. The first kappa shape index (κ1) is 17.0. The van der Waals surface area contributed by atoms with Crippen LogP contribution in [0.15, 0.2) is 30.6 Å². The van der Waals surface area contributed by atoms with Gasteiger partial charge in [-0.15, -0.1) is 0 Å².